The highest BCUT2D eigenvalue weighted by atomic mass is 16.5. The molecule has 0 amide bonds. The van der Waals surface area contributed by atoms with Gasteiger partial charge in [-0.2, -0.15) is 0 Å². The van der Waals surface area contributed by atoms with Gasteiger partial charge in [-0.1, -0.05) is 37.5 Å². The smallest absolute Gasteiger partial charge is 0.343 e. The molecule has 1 aliphatic rings. The fourth-order valence-corrected chi connectivity index (χ4v) is 2.96. The fourth-order valence-electron chi connectivity index (χ4n) is 2.96. The minimum Gasteiger partial charge on any atom is -0.420 e. The SMILES string of the molecule is Cc1ccc(C(=O)Oc2cnc(C3CCC(C)CC3)nc2)cc1. The van der Waals surface area contributed by atoms with E-state index in [9.17, 15) is 4.79 Å². The summed E-state index contributed by atoms with van der Waals surface area (Å²) in [5.41, 5.74) is 1.64. The van der Waals surface area contributed by atoms with Crippen LogP contribution in [0.4, 0.5) is 0 Å². The number of hydrogen-bond donors (Lipinski definition) is 0. The largest absolute Gasteiger partial charge is 0.420 e. The van der Waals surface area contributed by atoms with Crippen LogP contribution in [0.15, 0.2) is 36.7 Å². The zero-order valence-electron chi connectivity index (χ0n) is 13.7. The van der Waals surface area contributed by atoms with Gasteiger partial charge in [0.2, 0.25) is 0 Å². The molecular formula is C19H22N2O2. The number of carbonyl (C=O) groups excluding carboxylic acids is 1. The molecule has 4 heteroatoms. The zero-order chi connectivity index (χ0) is 16.2. The normalized spacial score (nSPS) is 21.0. The lowest BCUT2D eigenvalue weighted by atomic mass is 9.82. The Labute approximate surface area is 136 Å². The van der Waals surface area contributed by atoms with Gasteiger partial charge in [0.25, 0.3) is 0 Å². The summed E-state index contributed by atoms with van der Waals surface area (Å²) >= 11 is 0. The van der Waals surface area contributed by atoms with E-state index >= 15 is 0 Å². The van der Waals surface area contributed by atoms with Crippen molar-refractivity contribution in [2.75, 3.05) is 0 Å². The van der Waals surface area contributed by atoms with Gasteiger partial charge < -0.3 is 4.74 Å². The molecule has 1 aromatic heterocycles. The highest BCUT2D eigenvalue weighted by Crippen LogP contribution is 2.33. The highest BCUT2D eigenvalue weighted by molar-refractivity contribution is 5.90. The van der Waals surface area contributed by atoms with Crippen LogP contribution >= 0.6 is 0 Å². The summed E-state index contributed by atoms with van der Waals surface area (Å²) in [6.07, 6.45) is 7.96. The summed E-state index contributed by atoms with van der Waals surface area (Å²) < 4.78 is 5.34. The van der Waals surface area contributed by atoms with Crippen molar-refractivity contribution in [3.05, 3.63) is 53.6 Å². The first-order valence-electron chi connectivity index (χ1n) is 8.22. The summed E-state index contributed by atoms with van der Waals surface area (Å²) in [6, 6.07) is 7.30. The van der Waals surface area contributed by atoms with Gasteiger partial charge in [-0.25, -0.2) is 14.8 Å². The van der Waals surface area contributed by atoms with Gasteiger partial charge in [-0.3, -0.25) is 0 Å². The van der Waals surface area contributed by atoms with Gasteiger partial charge >= 0.3 is 5.97 Å². The molecule has 1 aromatic carbocycles. The van der Waals surface area contributed by atoms with Crippen LogP contribution in [-0.4, -0.2) is 15.9 Å². The number of ether oxygens (including phenoxy) is 1. The molecule has 1 fully saturated rings. The Kier molecular flexibility index (Phi) is 4.70. The molecular weight excluding hydrogens is 288 g/mol. The molecule has 0 spiro atoms. The van der Waals surface area contributed by atoms with E-state index in [1.165, 1.54) is 12.8 Å². The second-order valence-corrected chi connectivity index (χ2v) is 6.49. The molecule has 2 aromatic rings. The van der Waals surface area contributed by atoms with E-state index in [-0.39, 0.29) is 5.97 Å². The van der Waals surface area contributed by atoms with Crippen molar-refractivity contribution in [1.29, 1.82) is 0 Å². The maximum Gasteiger partial charge on any atom is 0.343 e. The van der Waals surface area contributed by atoms with Crippen LogP contribution in [0, 0.1) is 12.8 Å². The second kappa shape index (κ2) is 6.90. The predicted octanol–water partition coefficient (Wildman–Crippen LogP) is 4.30. The summed E-state index contributed by atoms with van der Waals surface area (Å²) in [5, 5.41) is 0. The minimum absolute atomic E-state index is 0.382. The van der Waals surface area contributed by atoms with Crippen LogP contribution in [0.5, 0.6) is 5.75 Å². The highest BCUT2D eigenvalue weighted by Gasteiger charge is 2.21. The molecule has 0 atom stereocenters. The average molecular weight is 310 g/mol. The molecule has 4 nitrogen and oxygen atoms in total. The Balaban J connectivity index is 1.63. The summed E-state index contributed by atoms with van der Waals surface area (Å²) in [4.78, 5) is 20.9. The molecule has 1 heterocycles. The van der Waals surface area contributed by atoms with Crippen LogP contribution in [0.3, 0.4) is 0 Å². The van der Waals surface area contributed by atoms with Crippen molar-refractivity contribution >= 4 is 5.97 Å². The molecule has 120 valence electrons. The minimum atomic E-state index is -0.382. The Bertz CT molecular complexity index is 657. The number of aryl methyl sites for hydroxylation is 1. The van der Waals surface area contributed by atoms with E-state index in [0.29, 0.717) is 17.2 Å². The third-order valence-corrected chi connectivity index (χ3v) is 4.53. The Hall–Kier alpha value is -2.23. The van der Waals surface area contributed by atoms with Gasteiger partial charge in [0.1, 0.15) is 5.82 Å². The molecule has 0 bridgehead atoms. The molecule has 0 radical (unpaired) electrons. The number of nitrogens with zero attached hydrogens (tertiary/aromatic N) is 2. The number of carbonyl (C=O) groups is 1. The van der Waals surface area contributed by atoms with E-state index in [1.54, 1.807) is 24.5 Å². The summed E-state index contributed by atoms with van der Waals surface area (Å²) in [7, 11) is 0. The lowest BCUT2D eigenvalue weighted by Crippen LogP contribution is -2.14. The molecule has 1 saturated carbocycles. The van der Waals surface area contributed by atoms with Crippen molar-refractivity contribution in [3.63, 3.8) is 0 Å². The lowest BCUT2D eigenvalue weighted by Gasteiger charge is -2.24. The fraction of sp³-hybridized carbons (Fsp3) is 0.421. The molecule has 0 saturated heterocycles. The van der Waals surface area contributed by atoms with E-state index in [0.717, 1.165) is 30.1 Å². The van der Waals surface area contributed by atoms with E-state index in [4.69, 9.17) is 4.74 Å². The van der Waals surface area contributed by atoms with Crippen molar-refractivity contribution in [2.24, 2.45) is 5.92 Å². The molecule has 1 aliphatic carbocycles. The van der Waals surface area contributed by atoms with Crippen LogP contribution < -0.4 is 4.74 Å². The maximum absolute atomic E-state index is 12.1. The lowest BCUT2D eigenvalue weighted by molar-refractivity contribution is 0.0733. The van der Waals surface area contributed by atoms with Gasteiger partial charge in [-0.05, 0) is 37.8 Å². The summed E-state index contributed by atoms with van der Waals surface area (Å²) in [6.45, 7) is 4.28. The molecule has 0 aliphatic heterocycles. The number of rotatable bonds is 3. The first-order valence-corrected chi connectivity index (χ1v) is 8.22. The van der Waals surface area contributed by atoms with Gasteiger partial charge in [0, 0.05) is 5.92 Å². The van der Waals surface area contributed by atoms with Crippen LogP contribution in [0.25, 0.3) is 0 Å². The monoisotopic (exact) mass is 310 g/mol. The Morgan fingerprint density at radius 1 is 1.04 bits per heavy atom. The number of hydrogen-bond acceptors (Lipinski definition) is 4. The number of aromatic nitrogens is 2. The number of benzene rings is 1. The van der Waals surface area contributed by atoms with Crippen LogP contribution in [-0.2, 0) is 0 Å². The molecule has 23 heavy (non-hydrogen) atoms. The standard InChI is InChI=1S/C19H22N2O2/c1-13-3-7-15(8-4-13)18-20-11-17(12-21-18)23-19(22)16-9-5-14(2)6-10-16/h5-6,9-13,15H,3-4,7-8H2,1-2H3. The zero-order valence-corrected chi connectivity index (χ0v) is 13.7. The number of esters is 1. The first kappa shape index (κ1) is 15.7. The predicted molar refractivity (Wildman–Crippen MR) is 88.5 cm³/mol. The van der Waals surface area contributed by atoms with Crippen LogP contribution in [0.2, 0.25) is 0 Å². The van der Waals surface area contributed by atoms with Crippen molar-refractivity contribution < 1.29 is 9.53 Å². The average Bonchev–Trinajstić information content (AvgIpc) is 2.57. The van der Waals surface area contributed by atoms with Crippen molar-refractivity contribution in [3.8, 4) is 5.75 Å². The van der Waals surface area contributed by atoms with Gasteiger partial charge in [-0.15, -0.1) is 0 Å². The van der Waals surface area contributed by atoms with E-state index in [2.05, 4.69) is 16.9 Å². The van der Waals surface area contributed by atoms with E-state index < -0.39 is 0 Å². The Morgan fingerprint density at radius 3 is 2.26 bits per heavy atom. The molecule has 0 N–H and O–H groups in total. The quantitative estimate of drug-likeness (QED) is 0.793. The molecule has 3 rings (SSSR count). The maximum atomic E-state index is 12.1. The Morgan fingerprint density at radius 2 is 1.65 bits per heavy atom. The van der Waals surface area contributed by atoms with E-state index in [1.807, 2.05) is 19.1 Å². The van der Waals surface area contributed by atoms with Crippen molar-refractivity contribution in [1.82, 2.24) is 9.97 Å². The third-order valence-electron chi connectivity index (χ3n) is 4.53. The van der Waals surface area contributed by atoms with Gasteiger partial charge in [0.15, 0.2) is 5.75 Å². The molecule has 0 unspecified atom stereocenters. The van der Waals surface area contributed by atoms with Crippen molar-refractivity contribution in [2.45, 2.75) is 45.4 Å². The summed E-state index contributed by atoms with van der Waals surface area (Å²) in [5.74, 6) is 2.12. The third kappa shape index (κ3) is 3.95. The topological polar surface area (TPSA) is 52.1 Å². The first-order chi connectivity index (χ1) is 11.1. The van der Waals surface area contributed by atoms with Gasteiger partial charge in [0.05, 0.1) is 18.0 Å². The van der Waals surface area contributed by atoms with Crippen LogP contribution in [0.1, 0.15) is 60.3 Å². The second-order valence-electron chi connectivity index (χ2n) is 6.49.